The van der Waals surface area contributed by atoms with Crippen molar-refractivity contribution in [1.82, 2.24) is 4.90 Å². The summed E-state index contributed by atoms with van der Waals surface area (Å²) in [5, 5.41) is 10.0. The molecule has 1 unspecified atom stereocenters. The van der Waals surface area contributed by atoms with Gasteiger partial charge in [0.25, 0.3) is 0 Å². The zero-order chi connectivity index (χ0) is 16.7. The first-order valence-corrected chi connectivity index (χ1v) is 8.78. The highest BCUT2D eigenvalue weighted by atomic mass is 16.5. The topological polar surface area (TPSA) is 32.7 Å². The fraction of sp³-hybridized carbons (Fsp3) is 0.429. The molecule has 1 heterocycles. The van der Waals surface area contributed by atoms with Crippen LogP contribution in [-0.2, 0) is 17.8 Å². The Kier molecular flexibility index (Phi) is 6.02. The van der Waals surface area contributed by atoms with E-state index in [4.69, 9.17) is 4.74 Å². The molecule has 1 N–H and O–H groups in total. The quantitative estimate of drug-likeness (QED) is 0.846. The van der Waals surface area contributed by atoms with E-state index in [2.05, 4.69) is 65.6 Å². The summed E-state index contributed by atoms with van der Waals surface area (Å²) in [6.45, 7) is 4.29. The minimum absolute atomic E-state index is 0.137. The zero-order valence-electron chi connectivity index (χ0n) is 14.2. The molecule has 0 amide bonds. The molecule has 1 atom stereocenters. The van der Waals surface area contributed by atoms with Crippen molar-refractivity contribution in [2.75, 3.05) is 26.4 Å². The van der Waals surface area contributed by atoms with E-state index in [-0.39, 0.29) is 12.0 Å². The van der Waals surface area contributed by atoms with Gasteiger partial charge in [0.15, 0.2) is 0 Å². The number of ether oxygens (including phenoxy) is 1. The van der Waals surface area contributed by atoms with Gasteiger partial charge in [-0.2, -0.15) is 0 Å². The van der Waals surface area contributed by atoms with Crippen LogP contribution in [0.15, 0.2) is 60.7 Å². The van der Waals surface area contributed by atoms with Crippen molar-refractivity contribution in [3.05, 3.63) is 71.8 Å². The molecule has 1 aliphatic rings. The number of hydrogen-bond acceptors (Lipinski definition) is 3. The highest BCUT2D eigenvalue weighted by Crippen LogP contribution is 2.30. The van der Waals surface area contributed by atoms with E-state index >= 15 is 0 Å². The van der Waals surface area contributed by atoms with Gasteiger partial charge in [-0.1, -0.05) is 60.7 Å². The first-order valence-electron chi connectivity index (χ1n) is 8.78. The van der Waals surface area contributed by atoms with Crippen LogP contribution in [0, 0.1) is 5.41 Å². The second-order valence-electron chi connectivity index (χ2n) is 6.93. The minimum atomic E-state index is -0.137. The van der Waals surface area contributed by atoms with E-state index < -0.39 is 0 Å². The minimum Gasteiger partial charge on any atom is -0.396 e. The van der Waals surface area contributed by atoms with Gasteiger partial charge in [-0.15, -0.1) is 0 Å². The lowest BCUT2D eigenvalue weighted by Crippen LogP contribution is -2.45. The van der Waals surface area contributed by atoms with Crippen LogP contribution >= 0.6 is 0 Å². The first kappa shape index (κ1) is 17.2. The van der Waals surface area contributed by atoms with Crippen molar-refractivity contribution in [2.45, 2.75) is 25.9 Å². The third-order valence-electron chi connectivity index (χ3n) is 4.80. The molecule has 0 bridgehead atoms. The Morgan fingerprint density at radius 1 is 0.917 bits per heavy atom. The lowest BCUT2D eigenvalue weighted by atomic mass is 9.82. The van der Waals surface area contributed by atoms with Crippen LogP contribution in [0.2, 0.25) is 0 Å². The smallest absolute Gasteiger partial charge is 0.0556 e. The molecule has 2 aromatic carbocycles. The highest BCUT2D eigenvalue weighted by Gasteiger charge is 2.34. The van der Waals surface area contributed by atoms with Gasteiger partial charge in [0.1, 0.15) is 0 Å². The van der Waals surface area contributed by atoms with Crippen molar-refractivity contribution < 1.29 is 9.84 Å². The molecule has 24 heavy (non-hydrogen) atoms. The lowest BCUT2D eigenvalue weighted by molar-refractivity contribution is -0.0577. The number of aliphatic hydroxyl groups is 1. The Hall–Kier alpha value is -1.68. The summed E-state index contributed by atoms with van der Waals surface area (Å²) < 4.78 is 5.69. The maximum Gasteiger partial charge on any atom is 0.0556 e. The summed E-state index contributed by atoms with van der Waals surface area (Å²) in [6, 6.07) is 21.1. The molecule has 3 heteroatoms. The number of aliphatic hydroxyl groups excluding tert-OH is 1. The molecule has 0 spiro atoms. The lowest BCUT2D eigenvalue weighted by Gasteiger charge is -2.39. The van der Waals surface area contributed by atoms with Crippen LogP contribution in [0.3, 0.4) is 0 Å². The summed E-state index contributed by atoms with van der Waals surface area (Å²) in [6.07, 6.45) is 2.06. The molecule has 1 aliphatic heterocycles. The van der Waals surface area contributed by atoms with Crippen LogP contribution in [0.1, 0.15) is 24.0 Å². The number of hydrogen-bond donors (Lipinski definition) is 1. The third-order valence-corrected chi connectivity index (χ3v) is 4.80. The van der Waals surface area contributed by atoms with E-state index in [0.717, 1.165) is 39.1 Å². The monoisotopic (exact) mass is 325 g/mol. The molecular weight excluding hydrogens is 298 g/mol. The molecule has 128 valence electrons. The van der Waals surface area contributed by atoms with Crippen LogP contribution in [-0.4, -0.2) is 36.4 Å². The van der Waals surface area contributed by atoms with E-state index in [9.17, 15) is 5.11 Å². The van der Waals surface area contributed by atoms with E-state index in [1.54, 1.807) is 0 Å². The maximum atomic E-state index is 10.0. The van der Waals surface area contributed by atoms with Crippen LogP contribution in [0.25, 0.3) is 0 Å². The zero-order valence-corrected chi connectivity index (χ0v) is 14.2. The van der Waals surface area contributed by atoms with Crippen molar-refractivity contribution in [2.24, 2.45) is 5.41 Å². The Bertz CT molecular complexity index is 552. The fourth-order valence-electron chi connectivity index (χ4n) is 3.53. The summed E-state index contributed by atoms with van der Waals surface area (Å²) in [5.74, 6) is 0. The van der Waals surface area contributed by atoms with Crippen molar-refractivity contribution in [3.63, 3.8) is 0 Å². The van der Waals surface area contributed by atoms with Gasteiger partial charge in [-0.3, -0.25) is 4.90 Å². The van der Waals surface area contributed by atoms with E-state index in [1.165, 1.54) is 11.1 Å². The Labute approximate surface area is 144 Å². The Morgan fingerprint density at radius 3 is 1.96 bits per heavy atom. The summed E-state index contributed by atoms with van der Waals surface area (Å²) in [4.78, 5) is 2.44. The summed E-state index contributed by atoms with van der Waals surface area (Å²) in [5.41, 5.74) is 2.47. The first-order chi connectivity index (χ1) is 11.8. The summed E-state index contributed by atoms with van der Waals surface area (Å²) in [7, 11) is 0. The van der Waals surface area contributed by atoms with E-state index in [1.807, 2.05) is 0 Å². The van der Waals surface area contributed by atoms with Gasteiger partial charge < -0.3 is 9.84 Å². The van der Waals surface area contributed by atoms with Crippen molar-refractivity contribution in [3.8, 4) is 0 Å². The number of rotatable bonds is 7. The largest absolute Gasteiger partial charge is 0.396 e. The Balaban J connectivity index is 1.75. The van der Waals surface area contributed by atoms with Gasteiger partial charge in [0.05, 0.1) is 13.2 Å². The Morgan fingerprint density at radius 2 is 1.50 bits per heavy atom. The van der Waals surface area contributed by atoms with Gasteiger partial charge >= 0.3 is 0 Å². The van der Waals surface area contributed by atoms with E-state index in [0.29, 0.717) is 6.61 Å². The van der Waals surface area contributed by atoms with Crippen molar-refractivity contribution >= 4 is 0 Å². The third kappa shape index (κ3) is 4.67. The fourth-order valence-corrected chi connectivity index (χ4v) is 3.53. The molecule has 3 nitrogen and oxygen atoms in total. The molecule has 0 saturated carbocycles. The second kappa shape index (κ2) is 8.43. The standard InChI is InChI=1S/C21H27NO2/c23-17-21(12-7-13-24-18-21)16-22(14-19-8-3-1-4-9-19)15-20-10-5-2-6-11-20/h1-6,8-11,23H,7,12-18H2. The predicted molar refractivity (Wildman–Crippen MR) is 96.6 cm³/mol. The SMILES string of the molecule is OCC1(CN(Cc2ccccc2)Cc2ccccc2)CCCOC1. The molecule has 0 radical (unpaired) electrons. The van der Waals surface area contributed by atoms with Crippen LogP contribution in [0.4, 0.5) is 0 Å². The number of benzene rings is 2. The molecular formula is C21H27NO2. The maximum absolute atomic E-state index is 10.0. The van der Waals surface area contributed by atoms with Crippen LogP contribution in [0.5, 0.6) is 0 Å². The number of nitrogens with zero attached hydrogens (tertiary/aromatic N) is 1. The van der Waals surface area contributed by atoms with Gasteiger partial charge in [0.2, 0.25) is 0 Å². The molecule has 3 rings (SSSR count). The second-order valence-corrected chi connectivity index (χ2v) is 6.93. The normalized spacial score (nSPS) is 21.1. The molecule has 0 aliphatic carbocycles. The van der Waals surface area contributed by atoms with Gasteiger partial charge in [0, 0.05) is 31.7 Å². The summed E-state index contributed by atoms with van der Waals surface area (Å²) >= 11 is 0. The molecule has 1 fully saturated rings. The average molecular weight is 325 g/mol. The van der Waals surface area contributed by atoms with Crippen molar-refractivity contribution in [1.29, 1.82) is 0 Å². The molecule has 1 saturated heterocycles. The predicted octanol–water partition coefficient (Wildman–Crippen LogP) is 3.48. The highest BCUT2D eigenvalue weighted by molar-refractivity contribution is 5.17. The average Bonchev–Trinajstić information content (AvgIpc) is 2.64. The van der Waals surface area contributed by atoms with Crippen LogP contribution < -0.4 is 0 Å². The van der Waals surface area contributed by atoms with Gasteiger partial charge in [-0.05, 0) is 24.0 Å². The molecule has 2 aromatic rings. The van der Waals surface area contributed by atoms with Gasteiger partial charge in [-0.25, -0.2) is 0 Å². The molecule has 0 aromatic heterocycles.